The lowest BCUT2D eigenvalue weighted by atomic mass is 10.1. The highest BCUT2D eigenvalue weighted by atomic mass is 19.4. The van der Waals surface area contributed by atoms with E-state index < -0.39 is 11.7 Å². The van der Waals surface area contributed by atoms with Crippen molar-refractivity contribution < 1.29 is 17.8 Å². The van der Waals surface area contributed by atoms with Gasteiger partial charge in [-0.2, -0.15) is 13.2 Å². The topological polar surface area (TPSA) is 55.9 Å². The van der Waals surface area contributed by atoms with E-state index >= 15 is 0 Å². The van der Waals surface area contributed by atoms with Crippen LogP contribution in [0.1, 0.15) is 18.1 Å². The summed E-state index contributed by atoms with van der Waals surface area (Å²) < 4.78 is 37.7. The van der Waals surface area contributed by atoms with Gasteiger partial charge in [0.05, 0.1) is 5.56 Å². The van der Waals surface area contributed by atoms with Gasteiger partial charge in [0.2, 0.25) is 0 Å². The first-order valence-electron chi connectivity index (χ1n) is 4.02. The maximum absolute atomic E-state index is 12.3. The second-order valence-corrected chi connectivity index (χ2v) is 2.90. The van der Waals surface area contributed by atoms with Gasteiger partial charge in [-0.15, -0.1) is 4.68 Å². The summed E-state index contributed by atoms with van der Waals surface area (Å²) in [6, 6.07) is 1.01. The van der Waals surface area contributed by atoms with Crippen LogP contribution in [0.5, 0.6) is 0 Å². The van der Waals surface area contributed by atoms with Gasteiger partial charge in [0.1, 0.15) is 6.20 Å². The van der Waals surface area contributed by atoms with E-state index in [1.807, 2.05) is 0 Å². The van der Waals surface area contributed by atoms with Crippen LogP contribution < -0.4 is 16.3 Å². The summed E-state index contributed by atoms with van der Waals surface area (Å²) in [5, 5.41) is 0. The third-order valence-electron chi connectivity index (χ3n) is 1.92. The minimum atomic E-state index is -4.39. The van der Waals surface area contributed by atoms with E-state index in [-0.39, 0.29) is 5.82 Å². The molecule has 0 aromatic carbocycles. The molecular weight excluding hydrogens is 195 g/mol. The molecule has 0 atom stereocenters. The van der Waals surface area contributed by atoms with Crippen molar-refractivity contribution in [1.82, 2.24) is 0 Å². The van der Waals surface area contributed by atoms with Crippen molar-refractivity contribution in [1.29, 1.82) is 0 Å². The van der Waals surface area contributed by atoms with E-state index in [0.717, 1.165) is 16.9 Å². The van der Waals surface area contributed by atoms with E-state index in [2.05, 4.69) is 0 Å². The first-order valence-corrected chi connectivity index (χ1v) is 4.02. The molecule has 1 heterocycles. The fourth-order valence-electron chi connectivity index (χ4n) is 1.12. The quantitative estimate of drug-likeness (QED) is 0.528. The van der Waals surface area contributed by atoms with Crippen molar-refractivity contribution in [2.24, 2.45) is 0 Å². The highest BCUT2D eigenvalue weighted by Crippen LogP contribution is 2.29. The summed E-state index contributed by atoms with van der Waals surface area (Å²) in [6.07, 6.45) is -3.21. The Balaban J connectivity index is 3.30. The molecule has 0 unspecified atom stereocenters. The molecular formula is C8H11F3N3+. The average molecular weight is 206 g/mol. The van der Waals surface area contributed by atoms with Gasteiger partial charge < -0.3 is 0 Å². The summed E-state index contributed by atoms with van der Waals surface area (Å²) in [5.41, 5.74) is 5.08. The van der Waals surface area contributed by atoms with E-state index in [1.54, 1.807) is 6.92 Å². The molecule has 0 spiro atoms. The molecule has 0 aliphatic carbocycles. The summed E-state index contributed by atoms with van der Waals surface area (Å²) in [4.78, 5) is 0. The fraction of sp³-hybridized carbons (Fsp3) is 0.375. The molecule has 0 aliphatic heterocycles. The Hall–Kier alpha value is -1.46. The SMILES string of the molecule is CCc1cc(C(F)(F)F)c[n+](N)c1N. The highest BCUT2D eigenvalue weighted by molar-refractivity contribution is 5.36. The lowest BCUT2D eigenvalue weighted by Gasteiger charge is -2.08. The Labute approximate surface area is 79.1 Å². The normalized spacial score (nSPS) is 11.7. The van der Waals surface area contributed by atoms with Crippen LogP contribution >= 0.6 is 0 Å². The zero-order chi connectivity index (χ0) is 10.9. The Morgan fingerprint density at radius 2 is 2.00 bits per heavy atom. The van der Waals surface area contributed by atoms with E-state index in [9.17, 15) is 13.2 Å². The maximum atomic E-state index is 12.3. The van der Waals surface area contributed by atoms with Crippen molar-refractivity contribution in [3.63, 3.8) is 0 Å². The number of nitrogen functional groups attached to an aromatic ring is 2. The predicted molar refractivity (Wildman–Crippen MR) is 45.6 cm³/mol. The number of pyridine rings is 1. The first kappa shape index (κ1) is 10.6. The van der Waals surface area contributed by atoms with Crippen LogP contribution in [-0.2, 0) is 12.6 Å². The van der Waals surface area contributed by atoms with Gasteiger partial charge in [0.15, 0.2) is 0 Å². The predicted octanol–water partition coefficient (Wildman–Crippen LogP) is 0.851. The second-order valence-electron chi connectivity index (χ2n) is 2.90. The second kappa shape index (κ2) is 3.36. The van der Waals surface area contributed by atoms with Crippen LogP contribution in [-0.4, -0.2) is 0 Å². The molecule has 78 valence electrons. The third kappa shape index (κ3) is 1.89. The summed E-state index contributed by atoms with van der Waals surface area (Å²) >= 11 is 0. The standard InChI is InChI=1S/C8H10F3N3/c1-2-5-3-6(8(9,10)11)4-14(13)7(5)12/h3-4,12H,2,13H2,1H3/p+1. The van der Waals surface area contributed by atoms with Gasteiger partial charge >= 0.3 is 6.18 Å². The van der Waals surface area contributed by atoms with Crippen molar-refractivity contribution in [3.8, 4) is 0 Å². The van der Waals surface area contributed by atoms with E-state index in [0.29, 0.717) is 12.0 Å². The van der Waals surface area contributed by atoms with Gasteiger partial charge in [-0.3, -0.25) is 11.6 Å². The van der Waals surface area contributed by atoms with Gasteiger partial charge in [0, 0.05) is 5.56 Å². The molecule has 0 aliphatic rings. The number of hydrogen-bond donors (Lipinski definition) is 2. The lowest BCUT2D eigenvalue weighted by Crippen LogP contribution is -2.48. The minimum Gasteiger partial charge on any atom is -0.285 e. The Morgan fingerprint density at radius 1 is 1.43 bits per heavy atom. The van der Waals surface area contributed by atoms with E-state index in [4.69, 9.17) is 11.6 Å². The number of rotatable bonds is 1. The highest BCUT2D eigenvalue weighted by Gasteiger charge is 2.33. The van der Waals surface area contributed by atoms with Gasteiger partial charge in [-0.05, 0) is 12.5 Å². The molecule has 6 heteroatoms. The van der Waals surface area contributed by atoms with Gasteiger partial charge in [0.25, 0.3) is 5.82 Å². The molecule has 3 nitrogen and oxygen atoms in total. The number of hydrogen-bond acceptors (Lipinski definition) is 2. The van der Waals surface area contributed by atoms with Gasteiger partial charge in [-0.25, -0.2) is 0 Å². The Kier molecular flexibility index (Phi) is 2.55. The van der Waals surface area contributed by atoms with Crippen LogP contribution in [0.4, 0.5) is 19.0 Å². The Morgan fingerprint density at radius 3 is 2.43 bits per heavy atom. The number of anilines is 1. The molecule has 0 saturated heterocycles. The molecule has 14 heavy (non-hydrogen) atoms. The van der Waals surface area contributed by atoms with Crippen molar-refractivity contribution in [3.05, 3.63) is 23.4 Å². The molecule has 1 aromatic heterocycles. The lowest BCUT2D eigenvalue weighted by molar-refractivity contribution is -0.625. The Bertz CT molecular complexity index is 346. The zero-order valence-electron chi connectivity index (χ0n) is 7.60. The molecule has 0 fully saturated rings. The number of alkyl halides is 3. The molecule has 1 aromatic rings. The monoisotopic (exact) mass is 206 g/mol. The summed E-state index contributed by atoms with van der Waals surface area (Å²) in [6.45, 7) is 1.71. The van der Waals surface area contributed by atoms with Crippen molar-refractivity contribution in [2.75, 3.05) is 11.6 Å². The molecule has 0 saturated carbocycles. The minimum absolute atomic E-state index is 0.153. The number of aryl methyl sites for hydroxylation is 1. The zero-order valence-corrected chi connectivity index (χ0v) is 7.60. The van der Waals surface area contributed by atoms with Crippen molar-refractivity contribution >= 4 is 5.82 Å². The van der Waals surface area contributed by atoms with E-state index in [1.165, 1.54) is 0 Å². The van der Waals surface area contributed by atoms with Crippen LogP contribution in [0, 0.1) is 0 Å². The fourth-order valence-corrected chi connectivity index (χ4v) is 1.12. The van der Waals surface area contributed by atoms with Crippen LogP contribution in [0.3, 0.4) is 0 Å². The number of aromatic nitrogens is 1. The first-order chi connectivity index (χ1) is 6.36. The van der Waals surface area contributed by atoms with Crippen molar-refractivity contribution in [2.45, 2.75) is 19.5 Å². The molecule has 4 N–H and O–H groups in total. The van der Waals surface area contributed by atoms with Crippen LogP contribution in [0.2, 0.25) is 0 Å². The average Bonchev–Trinajstić information content (AvgIpc) is 2.07. The third-order valence-corrected chi connectivity index (χ3v) is 1.92. The smallest absolute Gasteiger partial charge is 0.285 e. The maximum Gasteiger partial charge on any atom is 0.419 e. The molecule has 1 rings (SSSR count). The van der Waals surface area contributed by atoms with Crippen LogP contribution in [0.15, 0.2) is 12.3 Å². The summed E-state index contributed by atoms with van der Waals surface area (Å²) in [5.74, 6) is 5.44. The molecule has 0 radical (unpaired) electrons. The number of nitrogens with zero attached hydrogens (tertiary/aromatic N) is 1. The number of nitrogens with two attached hydrogens (primary N) is 2. The largest absolute Gasteiger partial charge is 0.419 e. The van der Waals surface area contributed by atoms with Gasteiger partial charge in [-0.1, -0.05) is 6.92 Å². The molecule has 0 bridgehead atoms. The molecule has 0 amide bonds. The number of halogens is 3. The summed E-state index contributed by atoms with van der Waals surface area (Å²) in [7, 11) is 0. The van der Waals surface area contributed by atoms with Crippen LogP contribution in [0.25, 0.3) is 0 Å².